The number of nitrogens with two attached hydrogens (primary N) is 3. The van der Waals surface area contributed by atoms with Gasteiger partial charge in [-0.25, -0.2) is 9.59 Å². The Labute approximate surface area is 502 Å². The number of carbonyl (C=O) groups excluding carboxylic acids is 8. The molecule has 0 radical (unpaired) electrons. The van der Waals surface area contributed by atoms with Crippen molar-refractivity contribution >= 4 is 65.0 Å². The second-order valence-electron chi connectivity index (χ2n) is 23.1. The van der Waals surface area contributed by atoms with Gasteiger partial charge in [0.25, 0.3) is 0 Å². The summed E-state index contributed by atoms with van der Waals surface area (Å²) in [6.45, 7) is 19.1. The summed E-state index contributed by atoms with van der Waals surface area (Å²) in [6, 6.07) is 10.7. The van der Waals surface area contributed by atoms with E-state index in [1.807, 2.05) is 77.3 Å². The van der Waals surface area contributed by atoms with Crippen LogP contribution in [0.15, 0.2) is 66.2 Å². The van der Waals surface area contributed by atoms with Crippen LogP contribution in [0.25, 0.3) is 0 Å². The predicted molar refractivity (Wildman–Crippen MR) is 329 cm³/mol. The summed E-state index contributed by atoms with van der Waals surface area (Å²) in [5.41, 5.74) is 18.9. The number of urea groups is 1. The van der Waals surface area contributed by atoms with Gasteiger partial charge in [-0.3, -0.25) is 33.7 Å². The van der Waals surface area contributed by atoms with E-state index in [4.69, 9.17) is 31.4 Å². The molecule has 470 valence electrons. The fourth-order valence-electron chi connectivity index (χ4n) is 10.6. The molecule has 11 N–H and O–H groups in total. The normalized spacial score (nSPS) is 17.4. The van der Waals surface area contributed by atoms with E-state index < -0.39 is 102 Å². The van der Waals surface area contributed by atoms with Gasteiger partial charge in [-0.15, -0.1) is 11.8 Å². The zero-order valence-corrected chi connectivity index (χ0v) is 52.9. The molecule has 84 heavy (non-hydrogen) atoms. The largest absolute Gasteiger partial charge is 0.445 e. The first-order valence-electron chi connectivity index (χ1n) is 29.4. The topological polar surface area (TPSA) is 312 Å². The number of nitrogens with zero attached hydrogens (tertiary/aromatic N) is 3. The minimum atomic E-state index is -1.05. The molecule has 0 bridgehead atoms. The predicted octanol–water partition coefficient (Wildman–Crippen LogP) is 5.47. The Morgan fingerprint density at radius 2 is 1.44 bits per heavy atom. The minimum Gasteiger partial charge on any atom is -0.445 e. The van der Waals surface area contributed by atoms with Crippen molar-refractivity contribution in [2.24, 2.45) is 46.8 Å². The number of hydrogen-bond acceptors (Lipinski definition) is 14. The van der Waals surface area contributed by atoms with E-state index in [0.717, 1.165) is 5.56 Å². The summed E-state index contributed by atoms with van der Waals surface area (Å²) in [7, 11) is 6.21. The van der Waals surface area contributed by atoms with Crippen molar-refractivity contribution in [2.75, 3.05) is 46.7 Å². The molecule has 0 spiro atoms. The molecule has 9 amide bonds. The van der Waals surface area contributed by atoms with Crippen molar-refractivity contribution in [1.82, 2.24) is 36.0 Å². The molecule has 1 aliphatic heterocycles. The highest BCUT2D eigenvalue weighted by Gasteiger charge is 2.44. The van der Waals surface area contributed by atoms with Crippen molar-refractivity contribution in [2.45, 2.75) is 181 Å². The SMILES string of the molecule is CC[C@H](C)C([C@@H](CC(=O)N1CCC[C@H]1[C@H](OC)[C@@H](C)C(=O)N[C@@H](Cc1ccccc1)[C@H](C)S/C=C\N)OC)N(C)C(=O)[C@@H](NC(=O)[C@H](C(C)C)N(C)C(=O)OCc1ccc(NC(=O)[C@H](CCCNC(N)=O)NC(=O)[C@@H](N)C(C)C)cc1)C(C)C. The lowest BCUT2D eigenvalue weighted by Gasteiger charge is -2.41. The molecule has 22 nitrogen and oxygen atoms in total. The van der Waals surface area contributed by atoms with E-state index >= 15 is 0 Å². The zero-order chi connectivity index (χ0) is 63.0. The highest BCUT2D eigenvalue weighted by atomic mass is 32.2. The van der Waals surface area contributed by atoms with Crippen molar-refractivity contribution < 1.29 is 52.6 Å². The Morgan fingerprint density at radius 1 is 0.786 bits per heavy atom. The number of benzene rings is 2. The number of anilines is 1. The maximum atomic E-state index is 14.8. The van der Waals surface area contributed by atoms with E-state index in [2.05, 4.69) is 26.6 Å². The number of primary amides is 1. The van der Waals surface area contributed by atoms with Gasteiger partial charge >= 0.3 is 12.1 Å². The molecule has 2 aromatic rings. The molecular weight excluding hydrogens is 1090 g/mol. The van der Waals surface area contributed by atoms with Crippen LogP contribution in [0.3, 0.4) is 0 Å². The van der Waals surface area contributed by atoms with Crippen molar-refractivity contribution in [3.63, 3.8) is 0 Å². The van der Waals surface area contributed by atoms with E-state index in [1.54, 1.807) is 75.9 Å². The van der Waals surface area contributed by atoms with Crippen LogP contribution >= 0.6 is 11.8 Å². The fraction of sp³-hybridized carbons (Fsp3) is 0.639. The van der Waals surface area contributed by atoms with Crippen LogP contribution in [-0.4, -0.2) is 163 Å². The van der Waals surface area contributed by atoms with Gasteiger partial charge in [-0.2, -0.15) is 0 Å². The summed E-state index contributed by atoms with van der Waals surface area (Å²) in [6.07, 6.45) is 2.41. The Bertz CT molecular complexity index is 2450. The Hall–Kier alpha value is -6.43. The van der Waals surface area contributed by atoms with Crippen LogP contribution < -0.4 is 43.8 Å². The molecule has 1 fully saturated rings. The number of carbonyl (C=O) groups is 8. The summed E-state index contributed by atoms with van der Waals surface area (Å²) < 4.78 is 17.9. The molecule has 1 saturated heterocycles. The quantitative estimate of drug-likeness (QED) is 0.0403. The summed E-state index contributed by atoms with van der Waals surface area (Å²) in [5.74, 6) is -4.07. The number of methoxy groups -OCH3 is 2. The van der Waals surface area contributed by atoms with Crippen LogP contribution in [0.5, 0.6) is 0 Å². The molecular formula is C61H99N11O11S. The lowest BCUT2D eigenvalue weighted by atomic mass is 9.89. The second-order valence-corrected chi connectivity index (χ2v) is 24.4. The van der Waals surface area contributed by atoms with Crippen LogP contribution in [0.4, 0.5) is 15.3 Å². The van der Waals surface area contributed by atoms with Crippen LogP contribution in [0.2, 0.25) is 0 Å². The summed E-state index contributed by atoms with van der Waals surface area (Å²) in [4.78, 5) is 113. The number of rotatable bonds is 34. The van der Waals surface area contributed by atoms with E-state index in [9.17, 15) is 38.4 Å². The van der Waals surface area contributed by atoms with Gasteiger partial charge in [0.2, 0.25) is 35.4 Å². The average Bonchev–Trinajstić information content (AvgIpc) is 4.03. The second kappa shape index (κ2) is 35.8. The third-order valence-corrected chi connectivity index (χ3v) is 16.9. The monoisotopic (exact) mass is 1190 g/mol. The lowest BCUT2D eigenvalue weighted by Crippen LogP contribution is -2.60. The fourth-order valence-corrected chi connectivity index (χ4v) is 11.3. The molecule has 3 rings (SSSR count). The van der Waals surface area contributed by atoms with E-state index in [0.29, 0.717) is 49.9 Å². The third kappa shape index (κ3) is 21.6. The first kappa shape index (κ1) is 71.8. The minimum absolute atomic E-state index is 0.00177. The highest BCUT2D eigenvalue weighted by molar-refractivity contribution is 8.02. The standard InChI is InChI=1S/C61H99N11O11S/c1-15-39(8)53(48(81-13)34-49(73)72-31-20-24-47(72)54(82-14)40(9)55(74)68-46(41(10)84-32-29-62)33-42-21-17-16-18-22-42)70(11)59(78)51(37(4)5)69-58(77)52(38(6)7)71(12)61(80)83-35-43-25-27-44(28-26-43)66-56(75)45(23-19-30-65-60(64)79)67-57(76)50(63)36(2)3/h16-18,21-22,25-29,32,36-41,45-48,50-54H,15,19-20,23-24,30-31,33-35,62-63H2,1-14H3,(H,66,75)(H,67,76)(H,68,74)(H,69,77)(H3,64,65,79)/b32-29-/t39-,40+,41-,45-,46-,47-,48+,50-,51-,52-,53?,54+/m0/s1. The van der Waals surface area contributed by atoms with Gasteiger partial charge in [0.15, 0.2) is 0 Å². The Kier molecular flexibility index (Phi) is 30.6. The van der Waals surface area contributed by atoms with Crippen LogP contribution in [-0.2, 0) is 56.0 Å². The van der Waals surface area contributed by atoms with Crippen molar-refractivity contribution in [3.05, 3.63) is 77.3 Å². The van der Waals surface area contributed by atoms with Gasteiger partial charge in [0, 0.05) is 64.6 Å². The molecule has 1 unspecified atom stereocenters. The zero-order valence-electron chi connectivity index (χ0n) is 52.1. The first-order valence-corrected chi connectivity index (χ1v) is 30.3. The Morgan fingerprint density at radius 3 is 2.00 bits per heavy atom. The van der Waals surface area contributed by atoms with Crippen molar-refractivity contribution in [1.29, 1.82) is 0 Å². The van der Waals surface area contributed by atoms with Crippen LogP contribution in [0, 0.1) is 29.6 Å². The van der Waals surface area contributed by atoms with Gasteiger partial charge in [-0.05, 0) is 84.4 Å². The van der Waals surface area contributed by atoms with E-state index in [-0.39, 0.29) is 60.9 Å². The Balaban J connectivity index is 1.73. The molecule has 0 saturated carbocycles. The van der Waals surface area contributed by atoms with Crippen LogP contribution in [0.1, 0.15) is 119 Å². The molecule has 23 heteroatoms. The highest BCUT2D eigenvalue weighted by Crippen LogP contribution is 2.31. The number of likely N-dealkylation sites (N-methyl/N-ethyl adjacent to an activating group) is 2. The van der Waals surface area contributed by atoms with Crippen molar-refractivity contribution in [3.8, 4) is 0 Å². The van der Waals surface area contributed by atoms with Gasteiger partial charge < -0.3 is 67.8 Å². The molecule has 12 atom stereocenters. The lowest BCUT2D eigenvalue weighted by molar-refractivity contribution is -0.148. The smallest absolute Gasteiger partial charge is 0.410 e. The molecule has 1 aliphatic rings. The van der Waals surface area contributed by atoms with Gasteiger partial charge in [0.05, 0.1) is 42.7 Å². The number of ether oxygens (including phenoxy) is 3. The maximum Gasteiger partial charge on any atom is 0.410 e. The number of thioether (sulfide) groups is 1. The first-order chi connectivity index (χ1) is 39.7. The van der Waals surface area contributed by atoms with Gasteiger partial charge in [0.1, 0.15) is 24.7 Å². The molecule has 1 heterocycles. The van der Waals surface area contributed by atoms with Gasteiger partial charge in [-0.1, -0.05) is 118 Å². The van der Waals surface area contributed by atoms with E-state index in [1.165, 1.54) is 37.0 Å². The number of hydrogen-bond donors (Lipinski definition) is 8. The summed E-state index contributed by atoms with van der Waals surface area (Å²) in [5, 5.41) is 16.0. The third-order valence-electron chi connectivity index (χ3n) is 15.9. The average molecular weight is 1190 g/mol. The maximum absolute atomic E-state index is 14.8. The number of nitrogens with one attached hydrogen (secondary N) is 5. The molecule has 0 aliphatic carbocycles. The molecule has 2 aromatic carbocycles. The summed E-state index contributed by atoms with van der Waals surface area (Å²) >= 11 is 1.53. The molecule has 0 aromatic heterocycles. The number of amides is 9. The number of likely N-dealkylation sites (tertiary alicyclic amines) is 1.